The summed E-state index contributed by atoms with van der Waals surface area (Å²) in [5.74, 6) is -0.807. The van der Waals surface area contributed by atoms with Crippen LogP contribution in [0.4, 0.5) is 4.79 Å². The maximum absolute atomic E-state index is 13.0. The van der Waals surface area contributed by atoms with Crippen molar-refractivity contribution in [3.63, 3.8) is 0 Å². The fourth-order valence-electron chi connectivity index (χ4n) is 4.14. The standard InChI is InChI=1S/C20H35N5O4/c1-13(2)22-20(29)25-10-9-24(14(3)26)12-17(25)19(28)23-16(18(21)27)11-15-7-5-4-6-8-15/h13,15-17H,4-12H2,1-3H3,(H2,21,27)(H,22,29)(H,23,28). The van der Waals surface area contributed by atoms with Crippen LogP contribution in [0.25, 0.3) is 0 Å². The number of hydrogen-bond acceptors (Lipinski definition) is 4. The van der Waals surface area contributed by atoms with Gasteiger partial charge in [-0.15, -0.1) is 0 Å². The Hall–Kier alpha value is -2.32. The number of amides is 5. The first-order chi connectivity index (χ1) is 13.7. The van der Waals surface area contributed by atoms with Crippen molar-refractivity contribution in [1.29, 1.82) is 0 Å². The smallest absolute Gasteiger partial charge is 0.318 e. The summed E-state index contributed by atoms with van der Waals surface area (Å²) < 4.78 is 0. The molecule has 0 aromatic heterocycles. The molecule has 1 saturated carbocycles. The van der Waals surface area contributed by atoms with Gasteiger partial charge in [-0.05, 0) is 26.2 Å². The Kier molecular flexibility index (Phi) is 8.28. The van der Waals surface area contributed by atoms with Gasteiger partial charge in [0.1, 0.15) is 12.1 Å². The summed E-state index contributed by atoms with van der Waals surface area (Å²) in [5, 5.41) is 5.55. The number of rotatable bonds is 6. The van der Waals surface area contributed by atoms with Crippen LogP contribution in [0.2, 0.25) is 0 Å². The van der Waals surface area contributed by atoms with Crippen LogP contribution in [0, 0.1) is 5.92 Å². The number of nitrogens with two attached hydrogens (primary N) is 1. The average Bonchev–Trinajstić information content (AvgIpc) is 2.67. The van der Waals surface area contributed by atoms with Crippen LogP contribution < -0.4 is 16.4 Å². The van der Waals surface area contributed by atoms with Crippen LogP contribution in [-0.2, 0) is 14.4 Å². The third-order valence-electron chi connectivity index (χ3n) is 5.76. The average molecular weight is 410 g/mol. The molecule has 1 aliphatic heterocycles. The lowest BCUT2D eigenvalue weighted by molar-refractivity contribution is -0.137. The largest absolute Gasteiger partial charge is 0.368 e. The van der Waals surface area contributed by atoms with Crippen molar-refractivity contribution in [2.75, 3.05) is 19.6 Å². The number of nitrogens with one attached hydrogen (secondary N) is 2. The highest BCUT2D eigenvalue weighted by molar-refractivity contribution is 5.92. The number of primary amides is 1. The predicted molar refractivity (Wildman–Crippen MR) is 109 cm³/mol. The van der Waals surface area contributed by atoms with Crippen LogP contribution in [0.3, 0.4) is 0 Å². The minimum Gasteiger partial charge on any atom is -0.368 e. The van der Waals surface area contributed by atoms with Crippen LogP contribution in [0.15, 0.2) is 0 Å². The second-order valence-electron chi connectivity index (χ2n) is 8.48. The maximum Gasteiger partial charge on any atom is 0.318 e. The number of urea groups is 1. The summed E-state index contributed by atoms with van der Waals surface area (Å²) in [6.45, 7) is 5.83. The lowest BCUT2D eigenvalue weighted by Crippen LogP contribution is -2.64. The topological polar surface area (TPSA) is 125 Å². The molecule has 1 aliphatic carbocycles. The fraction of sp³-hybridized carbons (Fsp3) is 0.800. The number of nitrogens with zero attached hydrogens (tertiary/aromatic N) is 2. The van der Waals surface area contributed by atoms with Crippen molar-refractivity contribution < 1.29 is 19.2 Å². The second kappa shape index (κ2) is 10.5. The Labute approximate surface area is 172 Å². The highest BCUT2D eigenvalue weighted by atomic mass is 16.2. The quantitative estimate of drug-likeness (QED) is 0.593. The van der Waals surface area contributed by atoms with E-state index in [4.69, 9.17) is 5.73 Å². The Balaban J connectivity index is 2.10. The summed E-state index contributed by atoms with van der Waals surface area (Å²) in [4.78, 5) is 52.4. The molecular formula is C20H35N5O4. The van der Waals surface area contributed by atoms with E-state index >= 15 is 0 Å². The van der Waals surface area contributed by atoms with Crippen molar-refractivity contribution in [2.45, 2.75) is 77.4 Å². The molecule has 1 heterocycles. The maximum atomic E-state index is 13.0. The number of hydrogen-bond donors (Lipinski definition) is 3. The van der Waals surface area contributed by atoms with Crippen molar-refractivity contribution in [2.24, 2.45) is 11.7 Å². The van der Waals surface area contributed by atoms with Crippen LogP contribution in [-0.4, -0.2) is 71.3 Å². The van der Waals surface area contributed by atoms with E-state index in [1.165, 1.54) is 18.2 Å². The Morgan fingerprint density at radius 1 is 1.03 bits per heavy atom. The van der Waals surface area contributed by atoms with E-state index in [0.29, 0.717) is 18.9 Å². The normalized spacial score (nSPS) is 21.6. The van der Waals surface area contributed by atoms with Crippen LogP contribution in [0.5, 0.6) is 0 Å². The third-order valence-corrected chi connectivity index (χ3v) is 5.76. The molecule has 2 unspecified atom stereocenters. The van der Waals surface area contributed by atoms with E-state index in [1.807, 2.05) is 13.8 Å². The Bertz CT molecular complexity index is 618. The van der Waals surface area contributed by atoms with Crippen molar-refractivity contribution in [3.8, 4) is 0 Å². The Morgan fingerprint density at radius 2 is 1.69 bits per heavy atom. The molecular weight excluding hydrogens is 374 g/mol. The molecule has 29 heavy (non-hydrogen) atoms. The van der Waals surface area contributed by atoms with Crippen molar-refractivity contribution in [1.82, 2.24) is 20.4 Å². The summed E-state index contributed by atoms with van der Waals surface area (Å²) >= 11 is 0. The monoisotopic (exact) mass is 409 g/mol. The molecule has 0 aromatic carbocycles. The minimum atomic E-state index is -0.861. The van der Waals surface area contributed by atoms with E-state index in [-0.39, 0.29) is 31.1 Å². The molecule has 2 aliphatic rings. The van der Waals surface area contributed by atoms with Crippen LogP contribution >= 0.6 is 0 Å². The summed E-state index contributed by atoms with van der Waals surface area (Å²) in [6, 6.07) is -2.07. The van der Waals surface area contributed by atoms with Gasteiger partial charge in [-0.25, -0.2) is 4.79 Å². The minimum absolute atomic E-state index is 0.0817. The van der Waals surface area contributed by atoms with E-state index in [0.717, 1.165) is 25.7 Å². The fourth-order valence-corrected chi connectivity index (χ4v) is 4.14. The van der Waals surface area contributed by atoms with Crippen molar-refractivity contribution in [3.05, 3.63) is 0 Å². The molecule has 0 aromatic rings. The molecule has 2 rings (SSSR count). The van der Waals surface area contributed by atoms with Gasteiger partial charge in [0, 0.05) is 26.1 Å². The van der Waals surface area contributed by atoms with Gasteiger partial charge < -0.3 is 26.2 Å². The summed E-state index contributed by atoms with van der Waals surface area (Å²) in [7, 11) is 0. The van der Waals surface area contributed by atoms with Gasteiger partial charge >= 0.3 is 6.03 Å². The van der Waals surface area contributed by atoms with Crippen molar-refractivity contribution >= 4 is 23.8 Å². The first-order valence-electron chi connectivity index (χ1n) is 10.6. The molecule has 0 bridgehead atoms. The molecule has 2 atom stereocenters. The van der Waals surface area contributed by atoms with Gasteiger partial charge in [0.25, 0.3) is 0 Å². The first kappa shape index (κ1) is 23.0. The summed E-state index contributed by atoms with van der Waals surface area (Å²) in [6.07, 6.45) is 6.04. The first-order valence-corrected chi connectivity index (χ1v) is 10.6. The van der Waals surface area contributed by atoms with Gasteiger partial charge in [0.15, 0.2) is 0 Å². The van der Waals surface area contributed by atoms with Crippen LogP contribution in [0.1, 0.15) is 59.3 Å². The number of carbonyl (C=O) groups is 4. The van der Waals surface area contributed by atoms with E-state index < -0.39 is 23.9 Å². The molecule has 0 radical (unpaired) electrons. The summed E-state index contributed by atoms with van der Waals surface area (Å²) in [5.41, 5.74) is 5.56. The van der Waals surface area contributed by atoms with Gasteiger partial charge in [-0.1, -0.05) is 32.1 Å². The molecule has 2 fully saturated rings. The zero-order chi connectivity index (χ0) is 21.6. The Morgan fingerprint density at radius 3 is 2.24 bits per heavy atom. The molecule has 1 saturated heterocycles. The lowest BCUT2D eigenvalue weighted by Gasteiger charge is -2.40. The molecule has 0 spiro atoms. The molecule has 4 N–H and O–H groups in total. The van der Waals surface area contributed by atoms with Gasteiger partial charge in [-0.2, -0.15) is 0 Å². The third kappa shape index (κ3) is 6.61. The number of piperazine rings is 1. The molecule has 5 amide bonds. The SMILES string of the molecule is CC(=O)N1CCN(C(=O)NC(C)C)C(C(=O)NC(CC2CCCCC2)C(N)=O)C1. The van der Waals surface area contributed by atoms with Gasteiger partial charge in [-0.3, -0.25) is 14.4 Å². The van der Waals surface area contributed by atoms with E-state index in [1.54, 1.807) is 4.90 Å². The highest BCUT2D eigenvalue weighted by Gasteiger charge is 2.38. The lowest BCUT2D eigenvalue weighted by atomic mass is 9.84. The van der Waals surface area contributed by atoms with Gasteiger partial charge in [0.2, 0.25) is 17.7 Å². The molecule has 164 valence electrons. The number of carbonyl (C=O) groups excluding carboxylic acids is 4. The van der Waals surface area contributed by atoms with E-state index in [9.17, 15) is 19.2 Å². The van der Waals surface area contributed by atoms with Gasteiger partial charge in [0.05, 0.1) is 6.54 Å². The second-order valence-corrected chi connectivity index (χ2v) is 8.48. The zero-order valence-electron chi connectivity index (χ0n) is 17.8. The molecule has 9 nitrogen and oxygen atoms in total. The van der Waals surface area contributed by atoms with E-state index in [2.05, 4.69) is 10.6 Å². The highest BCUT2D eigenvalue weighted by Crippen LogP contribution is 2.27. The predicted octanol–water partition coefficient (Wildman–Crippen LogP) is 0.578. The molecule has 9 heteroatoms. The zero-order valence-corrected chi connectivity index (χ0v) is 17.8.